The van der Waals surface area contributed by atoms with Crippen molar-refractivity contribution in [3.05, 3.63) is 59.4 Å². The van der Waals surface area contributed by atoms with E-state index in [1.165, 1.54) is 23.5 Å². The third-order valence-corrected chi connectivity index (χ3v) is 5.22. The van der Waals surface area contributed by atoms with Gasteiger partial charge in [0.1, 0.15) is 10.7 Å². The number of nitrogens with zero attached hydrogens (tertiary/aromatic N) is 1. The van der Waals surface area contributed by atoms with Crippen LogP contribution in [0.3, 0.4) is 0 Å². The molecule has 0 aliphatic heterocycles. The lowest BCUT2D eigenvalue weighted by atomic mass is 10.1. The van der Waals surface area contributed by atoms with E-state index in [1.807, 2.05) is 31.2 Å². The van der Waals surface area contributed by atoms with Crippen LogP contribution in [0.1, 0.15) is 11.1 Å². The van der Waals surface area contributed by atoms with E-state index < -0.39 is 15.8 Å². The third-order valence-electron chi connectivity index (χ3n) is 3.36. The second-order valence-electron chi connectivity index (χ2n) is 4.84. The molecule has 0 saturated heterocycles. The maximum absolute atomic E-state index is 13.5. The van der Waals surface area contributed by atoms with Crippen molar-refractivity contribution in [3.8, 4) is 0 Å². The number of benzene rings is 2. The summed E-state index contributed by atoms with van der Waals surface area (Å²) >= 11 is 0. The lowest BCUT2D eigenvalue weighted by Gasteiger charge is -2.19. The summed E-state index contributed by atoms with van der Waals surface area (Å²) in [5.41, 5.74) is 7.08. The summed E-state index contributed by atoms with van der Waals surface area (Å²) in [5.74, 6) is -0.736. The Morgan fingerprint density at radius 3 is 2.48 bits per heavy atom. The Bertz CT molecular complexity index is 760. The van der Waals surface area contributed by atoms with Crippen LogP contribution in [-0.2, 0) is 16.6 Å². The molecule has 2 N–H and O–H groups in total. The fourth-order valence-corrected chi connectivity index (χ4v) is 3.29. The van der Waals surface area contributed by atoms with Crippen LogP contribution < -0.4 is 5.73 Å². The summed E-state index contributed by atoms with van der Waals surface area (Å²) in [6, 6.07) is 11.3. The summed E-state index contributed by atoms with van der Waals surface area (Å²) in [5, 5.41) is 0. The highest BCUT2D eigenvalue weighted by Crippen LogP contribution is 2.25. The Morgan fingerprint density at radius 1 is 1.14 bits per heavy atom. The first-order valence-corrected chi connectivity index (χ1v) is 7.83. The fourth-order valence-electron chi connectivity index (χ4n) is 2.02. The van der Waals surface area contributed by atoms with Crippen molar-refractivity contribution in [2.24, 2.45) is 0 Å². The second-order valence-corrected chi connectivity index (χ2v) is 6.85. The van der Waals surface area contributed by atoms with E-state index in [0.717, 1.165) is 17.2 Å². The molecule has 6 heteroatoms. The summed E-state index contributed by atoms with van der Waals surface area (Å²) in [7, 11) is -2.39. The van der Waals surface area contributed by atoms with Crippen molar-refractivity contribution in [2.75, 3.05) is 12.8 Å². The first-order valence-electron chi connectivity index (χ1n) is 6.39. The molecule has 0 bridgehead atoms. The summed E-state index contributed by atoms with van der Waals surface area (Å²) < 4.78 is 39.6. The molecule has 0 unspecified atom stereocenters. The van der Waals surface area contributed by atoms with Gasteiger partial charge in [0.25, 0.3) is 0 Å². The Morgan fingerprint density at radius 2 is 1.81 bits per heavy atom. The molecule has 0 atom stereocenters. The zero-order valence-electron chi connectivity index (χ0n) is 11.9. The summed E-state index contributed by atoms with van der Waals surface area (Å²) in [6.45, 7) is 2.11. The molecule has 2 rings (SSSR count). The van der Waals surface area contributed by atoms with E-state index in [9.17, 15) is 12.8 Å². The molecule has 4 nitrogen and oxygen atoms in total. The topological polar surface area (TPSA) is 63.4 Å². The number of hydrogen-bond donors (Lipinski definition) is 1. The molecule has 0 amide bonds. The average Bonchev–Trinajstić information content (AvgIpc) is 2.44. The summed E-state index contributed by atoms with van der Waals surface area (Å²) in [4.78, 5) is -0.210. The van der Waals surface area contributed by atoms with Crippen LogP contribution in [0, 0.1) is 12.7 Å². The molecule has 0 aliphatic carbocycles. The van der Waals surface area contributed by atoms with Gasteiger partial charge in [-0.3, -0.25) is 0 Å². The number of anilines is 1. The van der Waals surface area contributed by atoms with Gasteiger partial charge in [-0.25, -0.2) is 12.8 Å². The van der Waals surface area contributed by atoms with Crippen LogP contribution in [-0.4, -0.2) is 19.8 Å². The average molecular weight is 308 g/mol. The third kappa shape index (κ3) is 3.06. The maximum atomic E-state index is 13.5. The standard InChI is InChI=1S/C15H17FN2O2S/c1-11-6-3-4-7-12(11)10-18(2)21(19,20)14-9-5-8-13(16)15(14)17/h3-9H,10,17H2,1-2H3. The molecule has 0 aliphatic rings. The van der Waals surface area contributed by atoms with Crippen molar-refractivity contribution in [1.29, 1.82) is 0 Å². The fraction of sp³-hybridized carbons (Fsp3) is 0.200. The van der Waals surface area contributed by atoms with Gasteiger partial charge in [0.05, 0.1) is 5.69 Å². The quantitative estimate of drug-likeness (QED) is 0.883. The van der Waals surface area contributed by atoms with Crippen LogP contribution >= 0.6 is 0 Å². The number of halogens is 1. The van der Waals surface area contributed by atoms with Crippen LogP contribution in [0.15, 0.2) is 47.4 Å². The van der Waals surface area contributed by atoms with E-state index in [-0.39, 0.29) is 17.1 Å². The molecule has 0 spiro atoms. The largest absolute Gasteiger partial charge is 0.395 e. The second kappa shape index (κ2) is 5.83. The van der Waals surface area contributed by atoms with Crippen LogP contribution in [0.2, 0.25) is 0 Å². The highest BCUT2D eigenvalue weighted by molar-refractivity contribution is 7.89. The molecule has 2 aromatic carbocycles. The minimum absolute atomic E-state index is 0.199. The Kier molecular flexibility index (Phi) is 4.29. The molecular weight excluding hydrogens is 291 g/mol. The molecule has 21 heavy (non-hydrogen) atoms. The molecule has 2 aromatic rings. The van der Waals surface area contributed by atoms with E-state index in [1.54, 1.807) is 0 Å². The van der Waals surface area contributed by atoms with Crippen molar-refractivity contribution in [2.45, 2.75) is 18.4 Å². The Labute approximate surface area is 124 Å². The first kappa shape index (κ1) is 15.5. The molecule has 0 fully saturated rings. The molecule has 0 aromatic heterocycles. The Balaban J connectivity index is 2.36. The SMILES string of the molecule is Cc1ccccc1CN(C)S(=O)(=O)c1cccc(F)c1N. The van der Waals surface area contributed by atoms with E-state index in [0.29, 0.717) is 0 Å². The number of nitrogens with two attached hydrogens (primary N) is 1. The van der Waals surface area contributed by atoms with Crippen molar-refractivity contribution >= 4 is 15.7 Å². The van der Waals surface area contributed by atoms with Crippen LogP contribution in [0.25, 0.3) is 0 Å². The molecular formula is C15H17FN2O2S. The van der Waals surface area contributed by atoms with E-state index >= 15 is 0 Å². The smallest absolute Gasteiger partial charge is 0.245 e. The van der Waals surface area contributed by atoms with Gasteiger partial charge in [-0.1, -0.05) is 30.3 Å². The maximum Gasteiger partial charge on any atom is 0.245 e. The number of sulfonamides is 1. The van der Waals surface area contributed by atoms with Gasteiger partial charge < -0.3 is 5.73 Å². The first-order chi connectivity index (χ1) is 9.84. The predicted molar refractivity (Wildman–Crippen MR) is 80.6 cm³/mol. The molecule has 0 saturated carbocycles. The van der Waals surface area contributed by atoms with Gasteiger partial charge in [0.2, 0.25) is 10.0 Å². The van der Waals surface area contributed by atoms with Gasteiger partial charge in [0, 0.05) is 13.6 Å². The van der Waals surface area contributed by atoms with Crippen molar-refractivity contribution in [3.63, 3.8) is 0 Å². The van der Waals surface area contributed by atoms with E-state index in [2.05, 4.69) is 0 Å². The number of para-hydroxylation sites is 1. The monoisotopic (exact) mass is 308 g/mol. The lowest BCUT2D eigenvalue weighted by molar-refractivity contribution is 0.465. The summed E-state index contributed by atoms with van der Waals surface area (Å²) in [6.07, 6.45) is 0. The van der Waals surface area contributed by atoms with Crippen molar-refractivity contribution < 1.29 is 12.8 Å². The minimum Gasteiger partial charge on any atom is -0.395 e. The zero-order chi connectivity index (χ0) is 15.6. The molecule has 112 valence electrons. The lowest BCUT2D eigenvalue weighted by Crippen LogP contribution is -2.27. The van der Waals surface area contributed by atoms with Crippen molar-refractivity contribution in [1.82, 2.24) is 4.31 Å². The van der Waals surface area contributed by atoms with Crippen LogP contribution in [0.5, 0.6) is 0 Å². The normalized spacial score (nSPS) is 11.8. The van der Waals surface area contributed by atoms with Gasteiger partial charge >= 0.3 is 0 Å². The number of aryl methyl sites for hydroxylation is 1. The van der Waals surface area contributed by atoms with Gasteiger partial charge in [-0.15, -0.1) is 0 Å². The minimum atomic E-state index is -3.84. The zero-order valence-corrected chi connectivity index (χ0v) is 12.7. The number of hydrogen-bond acceptors (Lipinski definition) is 3. The number of nitrogen functional groups attached to an aromatic ring is 1. The van der Waals surface area contributed by atoms with Gasteiger partial charge in [0.15, 0.2) is 0 Å². The van der Waals surface area contributed by atoms with Crippen LogP contribution in [0.4, 0.5) is 10.1 Å². The number of rotatable bonds is 4. The Hall–Kier alpha value is -1.92. The molecule has 0 radical (unpaired) electrons. The highest BCUT2D eigenvalue weighted by Gasteiger charge is 2.25. The van der Waals surface area contributed by atoms with Gasteiger partial charge in [-0.2, -0.15) is 4.31 Å². The van der Waals surface area contributed by atoms with E-state index in [4.69, 9.17) is 5.73 Å². The highest BCUT2D eigenvalue weighted by atomic mass is 32.2. The predicted octanol–water partition coefficient (Wildman–Crippen LogP) is 2.54. The van der Waals surface area contributed by atoms with Gasteiger partial charge in [-0.05, 0) is 30.2 Å². The molecule has 0 heterocycles.